The Balaban J connectivity index is 0.00000243. The van der Waals surface area contributed by atoms with Crippen molar-refractivity contribution in [3.63, 3.8) is 0 Å². The molecule has 6 heteroatoms. The summed E-state index contributed by atoms with van der Waals surface area (Å²) in [6.45, 7) is 10.2. The summed E-state index contributed by atoms with van der Waals surface area (Å²) in [5.41, 5.74) is 3.52. The van der Waals surface area contributed by atoms with E-state index in [1.165, 1.54) is 5.56 Å². The fraction of sp³-hybridized carbons (Fsp3) is 0.500. The number of benzene rings is 1. The van der Waals surface area contributed by atoms with Gasteiger partial charge in [0.25, 0.3) is 5.91 Å². The number of aryl methyl sites for hydroxylation is 1. The Bertz CT molecular complexity index is 755. The molecule has 0 bridgehead atoms. The standard InChI is InChI=1S/C20H28N4O.ClH/c1-14-6-8-15(9-7-14)24-13-17(18(22-24)20(2,3)4)19(25)23(5)16-10-11-21-12-16;/h6-9,13,16,21H,10-12H2,1-5H3;1H. The fourth-order valence-electron chi connectivity index (χ4n) is 3.24. The molecular formula is C20H29ClN4O. The van der Waals surface area contributed by atoms with Gasteiger partial charge in [0.05, 0.1) is 16.9 Å². The summed E-state index contributed by atoms with van der Waals surface area (Å²) >= 11 is 0. The molecule has 142 valence electrons. The maximum absolute atomic E-state index is 13.1. The van der Waals surface area contributed by atoms with Crippen LogP contribution in [0.2, 0.25) is 0 Å². The van der Waals surface area contributed by atoms with Gasteiger partial charge in [-0.15, -0.1) is 12.4 Å². The monoisotopic (exact) mass is 376 g/mol. The van der Waals surface area contributed by atoms with Crippen molar-refractivity contribution >= 4 is 18.3 Å². The topological polar surface area (TPSA) is 50.2 Å². The van der Waals surface area contributed by atoms with Crippen LogP contribution in [0.25, 0.3) is 5.69 Å². The zero-order chi connectivity index (χ0) is 18.2. The van der Waals surface area contributed by atoms with E-state index < -0.39 is 0 Å². The predicted octanol–water partition coefficient (Wildman–Crippen LogP) is 3.33. The average molecular weight is 377 g/mol. The average Bonchev–Trinajstić information content (AvgIpc) is 3.23. The molecule has 1 saturated heterocycles. The van der Waals surface area contributed by atoms with Gasteiger partial charge in [-0.05, 0) is 32.0 Å². The van der Waals surface area contributed by atoms with Crippen molar-refractivity contribution in [1.29, 1.82) is 0 Å². The minimum Gasteiger partial charge on any atom is -0.337 e. The Morgan fingerprint density at radius 1 is 1.27 bits per heavy atom. The summed E-state index contributed by atoms with van der Waals surface area (Å²) in [6.07, 6.45) is 2.88. The van der Waals surface area contributed by atoms with Crippen LogP contribution in [0, 0.1) is 6.92 Å². The number of nitrogens with zero attached hydrogens (tertiary/aromatic N) is 3. The van der Waals surface area contributed by atoms with Crippen LogP contribution in [0.5, 0.6) is 0 Å². The summed E-state index contributed by atoms with van der Waals surface area (Å²) in [6, 6.07) is 8.45. The quantitative estimate of drug-likeness (QED) is 0.893. The number of rotatable bonds is 3. The maximum Gasteiger partial charge on any atom is 0.257 e. The van der Waals surface area contributed by atoms with Crippen molar-refractivity contribution in [2.75, 3.05) is 20.1 Å². The molecule has 1 N–H and O–H groups in total. The van der Waals surface area contributed by atoms with Gasteiger partial charge in [-0.25, -0.2) is 4.68 Å². The third-order valence-corrected chi connectivity index (χ3v) is 4.86. The molecule has 2 aromatic rings. The van der Waals surface area contributed by atoms with Crippen LogP contribution in [0.4, 0.5) is 0 Å². The Kier molecular flexibility index (Phi) is 6.14. The molecule has 1 fully saturated rings. The summed E-state index contributed by atoms with van der Waals surface area (Å²) in [5, 5.41) is 8.09. The van der Waals surface area contributed by atoms with E-state index in [0.29, 0.717) is 5.56 Å². The third-order valence-electron chi connectivity index (χ3n) is 4.86. The number of hydrogen-bond acceptors (Lipinski definition) is 3. The predicted molar refractivity (Wildman–Crippen MR) is 108 cm³/mol. The lowest BCUT2D eigenvalue weighted by Crippen LogP contribution is -2.39. The van der Waals surface area contributed by atoms with Gasteiger partial charge < -0.3 is 10.2 Å². The summed E-state index contributed by atoms with van der Waals surface area (Å²) in [7, 11) is 1.90. The lowest BCUT2D eigenvalue weighted by Gasteiger charge is -2.25. The fourth-order valence-corrected chi connectivity index (χ4v) is 3.24. The second-order valence-electron chi connectivity index (χ2n) is 7.98. The van der Waals surface area contributed by atoms with Crippen molar-refractivity contribution in [2.24, 2.45) is 0 Å². The van der Waals surface area contributed by atoms with E-state index in [-0.39, 0.29) is 29.8 Å². The van der Waals surface area contributed by atoms with Crippen LogP contribution in [0.15, 0.2) is 30.5 Å². The molecule has 0 aliphatic carbocycles. The van der Waals surface area contributed by atoms with Crippen molar-refractivity contribution in [1.82, 2.24) is 20.0 Å². The van der Waals surface area contributed by atoms with Gasteiger partial charge in [-0.1, -0.05) is 38.5 Å². The minimum atomic E-state index is -0.199. The van der Waals surface area contributed by atoms with Crippen molar-refractivity contribution < 1.29 is 4.79 Å². The highest BCUT2D eigenvalue weighted by Crippen LogP contribution is 2.27. The van der Waals surface area contributed by atoms with Gasteiger partial charge in [-0.3, -0.25) is 4.79 Å². The van der Waals surface area contributed by atoms with Crippen LogP contribution in [0.1, 0.15) is 48.8 Å². The number of likely N-dealkylation sites (N-methyl/N-ethyl adjacent to an activating group) is 1. The summed E-state index contributed by atoms with van der Waals surface area (Å²) in [4.78, 5) is 15.0. The molecule has 1 unspecified atom stereocenters. The molecular weight excluding hydrogens is 348 g/mol. The summed E-state index contributed by atoms with van der Waals surface area (Å²) < 4.78 is 1.83. The molecule has 5 nitrogen and oxygen atoms in total. The van der Waals surface area contributed by atoms with Crippen LogP contribution >= 0.6 is 12.4 Å². The Labute approximate surface area is 162 Å². The molecule has 2 heterocycles. The number of halogens is 1. The smallest absolute Gasteiger partial charge is 0.257 e. The van der Waals surface area contributed by atoms with Crippen molar-refractivity contribution in [2.45, 2.75) is 45.6 Å². The molecule has 1 amide bonds. The number of hydrogen-bond donors (Lipinski definition) is 1. The van der Waals surface area contributed by atoms with Crippen molar-refractivity contribution in [3.8, 4) is 5.69 Å². The van der Waals surface area contributed by atoms with Crippen LogP contribution in [0.3, 0.4) is 0 Å². The highest BCUT2D eigenvalue weighted by atomic mass is 35.5. The first kappa shape index (κ1) is 20.5. The Hall–Kier alpha value is -1.85. The molecule has 0 saturated carbocycles. The number of nitrogens with one attached hydrogen (secondary N) is 1. The number of carbonyl (C=O) groups excluding carboxylic acids is 1. The van der Waals surface area contributed by atoms with Crippen LogP contribution in [-0.2, 0) is 5.41 Å². The van der Waals surface area contributed by atoms with E-state index in [4.69, 9.17) is 5.10 Å². The molecule has 1 atom stereocenters. The zero-order valence-corrected chi connectivity index (χ0v) is 17.1. The first-order chi connectivity index (χ1) is 11.8. The van der Waals surface area contributed by atoms with E-state index in [2.05, 4.69) is 45.1 Å². The van der Waals surface area contributed by atoms with Crippen LogP contribution < -0.4 is 5.32 Å². The van der Waals surface area contributed by atoms with E-state index >= 15 is 0 Å². The molecule has 0 spiro atoms. The minimum absolute atomic E-state index is 0. The third kappa shape index (κ3) is 4.10. The van der Waals surface area contributed by atoms with Gasteiger partial charge in [0.2, 0.25) is 0 Å². The molecule has 0 radical (unpaired) electrons. The Morgan fingerprint density at radius 2 is 1.92 bits per heavy atom. The van der Waals surface area contributed by atoms with Gasteiger partial charge in [0, 0.05) is 31.2 Å². The summed E-state index contributed by atoms with van der Waals surface area (Å²) in [5.74, 6) is 0.0528. The van der Waals surface area contributed by atoms with Crippen LogP contribution in [-0.4, -0.2) is 46.8 Å². The zero-order valence-electron chi connectivity index (χ0n) is 16.2. The van der Waals surface area contributed by atoms with Gasteiger partial charge in [0.1, 0.15) is 0 Å². The maximum atomic E-state index is 13.1. The molecule has 1 aromatic heterocycles. The lowest BCUT2D eigenvalue weighted by molar-refractivity contribution is 0.0741. The molecule has 26 heavy (non-hydrogen) atoms. The molecule has 1 aromatic carbocycles. The normalized spacial score (nSPS) is 17.0. The first-order valence-corrected chi connectivity index (χ1v) is 8.92. The number of amides is 1. The van der Waals surface area contributed by atoms with E-state index in [1.807, 2.05) is 35.0 Å². The molecule has 1 aliphatic heterocycles. The Morgan fingerprint density at radius 3 is 2.46 bits per heavy atom. The highest BCUT2D eigenvalue weighted by molar-refractivity contribution is 5.95. The van der Waals surface area contributed by atoms with E-state index in [0.717, 1.165) is 30.9 Å². The second-order valence-corrected chi connectivity index (χ2v) is 7.98. The highest BCUT2D eigenvalue weighted by Gasteiger charge is 2.31. The van der Waals surface area contributed by atoms with Gasteiger partial charge in [0.15, 0.2) is 0 Å². The SMILES string of the molecule is Cc1ccc(-n2cc(C(=O)N(C)C3CCNC3)c(C(C)(C)C)n2)cc1.Cl. The van der Waals surface area contributed by atoms with Gasteiger partial charge in [-0.2, -0.15) is 5.10 Å². The van der Waals surface area contributed by atoms with Crippen molar-refractivity contribution in [3.05, 3.63) is 47.3 Å². The largest absolute Gasteiger partial charge is 0.337 e. The van der Waals surface area contributed by atoms with E-state index in [1.54, 1.807) is 0 Å². The van der Waals surface area contributed by atoms with Gasteiger partial charge >= 0.3 is 0 Å². The number of aromatic nitrogens is 2. The van der Waals surface area contributed by atoms with E-state index in [9.17, 15) is 4.79 Å². The number of carbonyl (C=O) groups is 1. The first-order valence-electron chi connectivity index (χ1n) is 8.92. The lowest BCUT2D eigenvalue weighted by atomic mass is 9.89. The second kappa shape index (κ2) is 7.80. The molecule has 1 aliphatic rings. The molecule has 3 rings (SSSR count).